The van der Waals surface area contributed by atoms with E-state index < -0.39 is 9.84 Å². The summed E-state index contributed by atoms with van der Waals surface area (Å²) in [6, 6.07) is 9.32. The van der Waals surface area contributed by atoms with Crippen LogP contribution in [0.15, 0.2) is 36.5 Å². The number of hydrogen-bond acceptors (Lipinski definition) is 6. The van der Waals surface area contributed by atoms with Crippen molar-refractivity contribution in [3.8, 4) is 0 Å². The molecule has 0 aliphatic carbocycles. The fourth-order valence-corrected chi connectivity index (χ4v) is 4.56. The summed E-state index contributed by atoms with van der Waals surface area (Å²) in [5.41, 5.74) is 1.09. The number of hydrogen-bond donors (Lipinski definition) is 1. The molecule has 6 nitrogen and oxygen atoms in total. The Morgan fingerprint density at radius 1 is 1.29 bits per heavy atom. The van der Waals surface area contributed by atoms with Gasteiger partial charge in [0.05, 0.1) is 11.5 Å². The van der Waals surface area contributed by atoms with E-state index in [1.807, 2.05) is 36.2 Å². The fraction of sp³-hybridized carbons (Fsp3) is 0.375. The third-order valence-electron chi connectivity index (χ3n) is 4.10. The van der Waals surface area contributed by atoms with Crippen molar-refractivity contribution in [2.75, 3.05) is 28.8 Å². The third-order valence-corrected chi connectivity index (χ3v) is 6.10. The molecule has 1 N–H and O–H groups in total. The minimum atomic E-state index is -2.93. The predicted octanol–water partition coefficient (Wildman–Crippen LogP) is 2.37. The minimum Gasteiger partial charge on any atom is -0.366 e. The van der Waals surface area contributed by atoms with Crippen molar-refractivity contribution in [3.05, 3.63) is 47.1 Å². The molecule has 1 fully saturated rings. The first-order valence-corrected chi connectivity index (χ1v) is 9.87. The second-order valence-corrected chi connectivity index (χ2v) is 8.55. The minimum absolute atomic E-state index is 0.0680. The van der Waals surface area contributed by atoms with Crippen LogP contribution in [-0.2, 0) is 16.4 Å². The maximum absolute atomic E-state index is 11.6. The van der Waals surface area contributed by atoms with Crippen LogP contribution in [0.4, 0.5) is 11.8 Å². The SMILES string of the molecule is CN(c1nccc(NCc2ccc(Cl)cc2)n1)C1CCS(=O)(=O)C1. The Labute approximate surface area is 146 Å². The predicted molar refractivity (Wildman–Crippen MR) is 96.3 cm³/mol. The zero-order valence-corrected chi connectivity index (χ0v) is 14.9. The molecule has 0 radical (unpaired) electrons. The maximum Gasteiger partial charge on any atom is 0.227 e. The number of benzene rings is 1. The highest BCUT2D eigenvalue weighted by atomic mass is 35.5. The van der Waals surface area contributed by atoms with E-state index in [2.05, 4.69) is 15.3 Å². The second-order valence-electron chi connectivity index (χ2n) is 5.89. The molecule has 1 aromatic carbocycles. The normalized spacial score (nSPS) is 19.2. The zero-order chi connectivity index (χ0) is 17.2. The monoisotopic (exact) mass is 366 g/mol. The summed E-state index contributed by atoms with van der Waals surface area (Å²) in [5.74, 6) is 1.62. The standard InChI is InChI=1S/C16H19ClN4O2S/c1-21(14-7-9-24(22,23)11-14)16-18-8-6-15(20-16)19-10-12-2-4-13(17)5-3-12/h2-6,8,14H,7,9-11H2,1H3,(H,18,19,20). The van der Waals surface area contributed by atoms with Crippen molar-refractivity contribution in [1.82, 2.24) is 9.97 Å². The first-order valence-electron chi connectivity index (χ1n) is 7.67. The summed E-state index contributed by atoms with van der Waals surface area (Å²) >= 11 is 5.88. The lowest BCUT2D eigenvalue weighted by atomic mass is 10.2. The van der Waals surface area contributed by atoms with Gasteiger partial charge in [0.15, 0.2) is 9.84 Å². The van der Waals surface area contributed by atoms with Gasteiger partial charge < -0.3 is 10.2 Å². The van der Waals surface area contributed by atoms with E-state index in [0.717, 1.165) is 5.56 Å². The van der Waals surface area contributed by atoms with Crippen LogP contribution in [0.2, 0.25) is 5.02 Å². The van der Waals surface area contributed by atoms with Crippen LogP contribution in [0, 0.1) is 0 Å². The number of nitrogens with zero attached hydrogens (tertiary/aromatic N) is 3. The highest BCUT2D eigenvalue weighted by Gasteiger charge is 2.31. The van der Waals surface area contributed by atoms with Gasteiger partial charge in [-0.05, 0) is 30.2 Å². The summed E-state index contributed by atoms with van der Waals surface area (Å²) in [7, 11) is -1.09. The summed E-state index contributed by atoms with van der Waals surface area (Å²) in [6.07, 6.45) is 2.29. The zero-order valence-electron chi connectivity index (χ0n) is 13.3. The van der Waals surface area contributed by atoms with Crippen LogP contribution in [-0.4, -0.2) is 43.0 Å². The van der Waals surface area contributed by atoms with E-state index in [9.17, 15) is 8.42 Å². The molecule has 0 saturated carbocycles. The molecule has 24 heavy (non-hydrogen) atoms. The Kier molecular flexibility index (Phi) is 4.91. The van der Waals surface area contributed by atoms with Gasteiger partial charge in [-0.3, -0.25) is 0 Å². The average Bonchev–Trinajstić information content (AvgIpc) is 2.94. The van der Waals surface area contributed by atoms with Crippen LogP contribution in [0.25, 0.3) is 0 Å². The molecule has 128 valence electrons. The summed E-state index contributed by atoms with van der Waals surface area (Å²) in [5, 5.41) is 3.95. The summed E-state index contributed by atoms with van der Waals surface area (Å²) in [4.78, 5) is 10.6. The van der Waals surface area contributed by atoms with Crippen molar-refractivity contribution >= 4 is 33.2 Å². The van der Waals surface area contributed by atoms with Crippen LogP contribution < -0.4 is 10.2 Å². The number of rotatable bonds is 5. The van der Waals surface area contributed by atoms with Gasteiger partial charge >= 0.3 is 0 Å². The van der Waals surface area contributed by atoms with Gasteiger partial charge in [-0.25, -0.2) is 13.4 Å². The van der Waals surface area contributed by atoms with Crippen molar-refractivity contribution in [3.63, 3.8) is 0 Å². The van der Waals surface area contributed by atoms with E-state index in [1.54, 1.807) is 12.3 Å². The van der Waals surface area contributed by atoms with Crippen LogP contribution in [0.1, 0.15) is 12.0 Å². The van der Waals surface area contributed by atoms with Crippen LogP contribution in [0.3, 0.4) is 0 Å². The van der Waals surface area contributed by atoms with Crippen molar-refractivity contribution in [2.45, 2.75) is 19.0 Å². The Hall–Kier alpha value is -1.86. The third kappa shape index (κ3) is 4.15. The van der Waals surface area contributed by atoms with Gasteiger partial charge in [0.1, 0.15) is 5.82 Å². The second kappa shape index (κ2) is 6.94. The Morgan fingerprint density at radius 3 is 2.71 bits per heavy atom. The smallest absolute Gasteiger partial charge is 0.227 e. The Bertz CT molecular complexity index is 811. The molecule has 1 saturated heterocycles. The topological polar surface area (TPSA) is 75.2 Å². The van der Waals surface area contributed by atoms with E-state index in [4.69, 9.17) is 11.6 Å². The molecule has 8 heteroatoms. The first kappa shape index (κ1) is 17.0. The van der Waals surface area contributed by atoms with Gasteiger partial charge in [-0.1, -0.05) is 23.7 Å². The molecule has 1 aliphatic rings. The van der Waals surface area contributed by atoms with E-state index in [1.165, 1.54) is 0 Å². The molecule has 3 rings (SSSR count). The molecular weight excluding hydrogens is 348 g/mol. The number of halogens is 1. The summed E-state index contributed by atoms with van der Waals surface area (Å²) < 4.78 is 23.3. The van der Waals surface area contributed by atoms with Crippen molar-refractivity contribution < 1.29 is 8.42 Å². The van der Waals surface area contributed by atoms with E-state index in [-0.39, 0.29) is 17.5 Å². The largest absolute Gasteiger partial charge is 0.366 e. The molecule has 0 amide bonds. The summed E-state index contributed by atoms with van der Waals surface area (Å²) in [6.45, 7) is 0.620. The molecular formula is C16H19ClN4O2S. The molecule has 2 aromatic rings. The number of anilines is 2. The molecule has 1 atom stereocenters. The highest BCUT2D eigenvalue weighted by Crippen LogP contribution is 2.21. The number of aromatic nitrogens is 2. The molecule has 1 aliphatic heterocycles. The van der Waals surface area contributed by atoms with E-state index >= 15 is 0 Å². The molecule has 0 bridgehead atoms. The van der Waals surface area contributed by atoms with Gasteiger partial charge in [-0.2, -0.15) is 4.98 Å². The van der Waals surface area contributed by atoms with Gasteiger partial charge in [-0.15, -0.1) is 0 Å². The van der Waals surface area contributed by atoms with Crippen LogP contribution in [0.5, 0.6) is 0 Å². The fourth-order valence-electron chi connectivity index (χ4n) is 2.66. The molecule has 2 heterocycles. The lowest BCUT2D eigenvalue weighted by molar-refractivity contribution is 0.600. The van der Waals surface area contributed by atoms with Crippen LogP contribution >= 0.6 is 11.6 Å². The van der Waals surface area contributed by atoms with Gasteiger partial charge in [0.2, 0.25) is 5.95 Å². The lowest BCUT2D eigenvalue weighted by Gasteiger charge is -2.23. The van der Waals surface area contributed by atoms with Gasteiger partial charge in [0, 0.05) is 30.9 Å². The van der Waals surface area contributed by atoms with E-state index in [0.29, 0.717) is 29.8 Å². The molecule has 0 spiro atoms. The Morgan fingerprint density at radius 2 is 2.04 bits per heavy atom. The van der Waals surface area contributed by atoms with Gasteiger partial charge in [0.25, 0.3) is 0 Å². The Balaban J connectivity index is 1.66. The van der Waals surface area contributed by atoms with Crippen molar-refractivity contribution in [1.29, 1.82) is 0 Å². The maximum atomic E-state index is 11.6. The average molecular weight is 367 g/mol. The van der Waals surface area contributed by atoms with Crippen molar-refractivity contribution in [2.24, 2.45) is 0 Å². The number of sulfone groups is 1. The first-order chi connectivity index (χ1) is 11.4. The number of nitrogens with one attached hydrogen (secondary N) is 1. The molecule has 1 unspecified atom stereocenters. The quantitative estimate of drug-likeness (QED) is 0.875. The lowest BCUT2D eigenvalue weighted by Crippen LogP contribution is -2.33. The highest BCUT2D eigenvalue weighted by molar-refractivity contribution is 7.91. The molecule has 1 aromatic heterocycles.